The zero-order valence-electron chi connectivity index (χ0n) is 15.5. The first kappa shape index (κ1) is 19.0. The molecule has 0 spiro atoms. The van der Waals surface area contributed by atoms with Crippen molar-refractivity contribution in [1.82, 2.24) is 0 Å². The SMILES string of the molecule is C=C[C@]1(C)CC[C@@H](C(=C)C)[C@H](C(C)CCOCc2ccccc2)O1. The van der Waals surface area contributed by atoms with Gasteiger partial charge in [-0.15, -0.1) is 6.58 Å². The fourth-order valence-electron chi connectivity index (χ4n) is 3.45. The molecule has 0 radical (unpaired) electrons. The molecule has 132 valence electrons. The van der Waals surface area contributed by atoms with Crippen LogP contribution in [0.3, 0.4) is 0 Å². The van der Waals surface area contributed by atoms with E-state index >= 15 is 0 Å². The summed E-state index contributed by atoms with van der Waals surface area (Å²) in [5.74, 6) is 0.865. The third-order valence-electron chi connectivity index (χ3n) is 5.21. The lowest BCUT2D eigenvalue weighted by Crippen LogP contribution is -2.45. The summed E-state index contributed by atoms with van der Waals surface area (Å²) in [4.78, 5) is 0. The molecule has 2 rings (SSSR count). The van der Waals surface area contributed by atoms with E-state index in [2.05, 4.69) is 46.1 Å². The summed E-state index contributed by atoms with van der Waals surface area (Å²) < 4.78 is 12.3. The van der Waals surface area contributed by atoms with Gasteiger partial charge in [0.25, 0.3) is 0 Å². The zero-order chi connectivity index (χ0) is 17.6. The van der Waals surface area contributed by atoms with Gasteiger partial charge in [0.05, 0.1) is 18.3 Å². The van der Waals surface area contributed by atoms with E-state index in [0.717, 1.165) is 25.9 Å². The van der Waals surface area contributed by atoms with Gasteiger partial charge in [-0.1, -0.05) is 55.5 Å². The summed E-state index contributed by atoms with van der Waals surface area (Å²) >= 11 is 0. The molecular formula is C22H32O2. The number of benzene rings is 1. The predicted molar refractivity (Wildman–Crippen MR) is 101 cm³/mol. The van der Waals surface area contributed by atoms with Crippen molar-refractivity contribution in [3.63, 3.8) is 0 Å². The Hall–Kier alpha value is -1.38. The predicted octanol–water partition coefficient (Wildman–Crippen LogP) is 5.55. The van der Waals surface area contributed by atoms with Gasteiger partial charge in [-0.25, -0.2) is 0 Å². The monoisotopic (exact) mass is 328 g/mol. The van der Waals surface area contributed by atoms with Crippen LogP contribution in [-0.4, -0.2) is 18.3 Å². The highest BCUT2D eigenvalue weighted by Crippen LogP contribution is 2.39. The Morgan fingerprint density at radius 1 is 1.42 bits per heavy atom. The quantitative estimate of drug-likeness (QED) is 0.460. The van der Waals surface area contributed by atoms with E-state index in [0.29, 0.717) is 18.4 Å². The first-order valence-electron chi connectivity index (χ1n) is 9.03. The maximum atomic E-state index is 6.44. The van der Waals surface area contributed by atoms with Crippen LogP contribution < -0.4 is 0 Å². The molecule has 2 nitrogen and oxygen atoms in total. The fraction of sp³-hybridized carbons (Fsp3) is 0.545. The fourth-order valence-corrected chi connectivity index (χ4v) is 3.45. The third kappa shape index (κ3) is 5.06. The molecule has 0 bridgehead atoms. The maximum absolute atomic E-state index is 6.44. The van der Waals surface area contributed by atoms with Gasteiger partial charge in [0, 0.05) is 12.5 Å². The van der Waals surface area contributed by atoms with Crippen LogP contribution in [0.1, 0.15) is 45.6 Å². The van der Waals surface area contributed by atoms with Crippen LogP contribution >= 0.6 is 0 Å². The van der Waals surface area contributed by atoms with Crippen LogP contribution in [0.5, 0.6) is 0 Å². The molecule has 1 saturated heterocycles. The van der Waals surface area contributed by atoms with Crippen molar-refractivity contribution < 1.29 is 9.47 Å². The summed E-state index contributed by atoms with van der Waals surface area (Å²) in [6, 6.07) is 10.3. The minimum absolute atomic E-state index is 0.194. The summed E-state index contributed by atoms with van der Waals surface area (Å²) in [7, 11) is 0. The molecule has 1 aromatic carbocycles. The van der Waals surface area contributed by atoms with E-state index < -0.39 is 0 Å². The van der Waals surface area contributed by atoms with Gasteiger partial charge < -0.3 is 9.47 Å². The van der Waals surface area contributed by atoms with E-state index in [1.807, 2.05) is 24.3 Å². The first-order chi connectivity index (χ1) is 11.4. The van der Waals surface area contributed by atoms with Crippen molar-refractivity contribution in [3.8, 4) is 0 Å². The molecule has 4 atom stereocenters. The smallest absolute Gasteiger partial charge is 0.0836 e. The van der Waals surface area contributed by atoms with Crippen molar-refractivity contribution in [2.24, 2.45) is 11.8 Å². The number of hydrogen-bond donors (Lipinski definition) is 0. The van der Waals surface area contributed by atoms with Crippen LogP contribution in [0.25, 0.3) is 0 Å². The summed E-state index contributed by atoms with van der Waals surface area (Å²) in [6.45, 7) is 16.1. The first-order valence-corrected chi connectivity index (χ1v) is 9.03. The topological polar surface area (TPSA) is 18.5 Å². The molecule has 24 heavy (non-hydrogen) atoms. The Morgan fingerprint density at radius 3 is 2.75 bits per heavy atom. The van der Waals surface area contributed by atoms with Gasteiger partial charge in [0.1, 0.15) is 0 Å². The van der Waals surface area contributed by atoms with Crippen LogP contribution in [0.4, 0.5) is 0 Å². The highest BCUT2D eigenvalue weighted by molar-refractivity contribution is 5.13. The largest absolute Gasteiger partial charge is 0.377 e. The molecule has 1 aliphatic rings. The Kier molecular flexibility index (Phi) is 6.82. The summed E-state index contributed by atoms with van der Waals surface area (Å²) in [5, 5.41) is 0. The van der Waals surface area contributed by atoms with Crippen molar-refractivity contribution >= 4 is 0 Å². The maximum Gasteiger partial charge on any atom is 0.0836 e. The lowest BCUT2D eigenvalue weighted by molar-refractivity contribution is -0.134. The van der Waals surface area contributed by atoms with E-state index in [1.165, 1.54) is 11.1 Å². The molecule has 1 heterocycles. The molecule has 2 heteroatoms. The molecule has 0 saturated carbocycles. The van der Waals surface area contributed by atoms with Gasteiger partial charge in [-0.2, -0.15) is 0 Å². The second kappa shape index (κ2) is 8.64. The summed E-state index contributed by atoms with van der Waals surface area (Å²) in [6.07, 6.45) is 5.28. The molecule has 1 aromatic rings. The Bertz CT molecular complexity index is 536. The van der Waals surface area contributed by atoms with Crippen LogP contribution in [-0.2, 0) is 16.1 Å². The average molecular weight is 328 g/mol. The average Bonchev–Trinajstić information content (AvgIpc) is 2.59. The lowest BCUT2D eigenvalue weighted by Gasteiger charge is -2.44. The molecule has 0 aliphatic carbocycles. The van der Waals surface area contributed by atoms with E-state index in [1.54, 1.807) is 0 Å². The molecule has 1 aliphatic heterocycles. The number of rotatable bonds is 8. The van der Waals surface area contributed by atoms with Crippen LogP contribution in [0.2, 0.25) is 0 Å². The highest BCUT2D eigenvalue weighted by atomic mass is 16.5. The molecule has 1 fully saturated rings. The standard InChI is InChI=1S/C22H32O2/c1-6-22(5)14-12-20(17(2)3)21(24-22)18(4)13-15-23-16-19-10-8-7-9-11-19/h6-11,18,20-21H,1-2,12-16H2,3-5H3/t18?,20-,21-,22+/m0/s1. The zero-order valence-corrected chi connectivity index (χ0v) is 15.5. The minimum atomic E-state index is -0.213. The van der Waals surface area contributed by atoms with Gasteiger partial charge in [0.15, 0.2) is 0 Å². The molecular weight excluding hydrogens is 296 g/mol. The lowest BCUT2D eigenvalue weighted by atomic mass is 9.77. The van der Waals surface area contributed by atoms with Gasteiger partial charge >= 0.3 is 0 Å². The second-order valence-corrected chi connectivity index (χ2v) is 7.39. The van der Waals surface area contributed by atoms with Crippen LogP contribution in [0.15, 0.2) is 55.1 Å². The van der Waals surface area contributed by atoms with Crippen molar-refractivity contribution in [1.29, 1.82) is 0 Å². The second-order valence-electron chi connectivity index (χ2n) is 7.39. The van der Waals surface area contributed by atoms with E-state index in [-0.39, 0.29) is 11.7 Å². The Labute approximate surface area is 147 Å². The molecule has 0 aromatic heterocycles. The van der Waals surface area contributed by atoms with Gasteiger partial charge in [-0.3, -0.25) is 0 Å². The van der Waals surface area contributed by atoms with Crippen molar-refractivity contribution in [3.05, 3.63) is 60.7 Å². The van der Waals surface area contributed by atoms with Crippen molar-refractivity contribution in [2.75, 3.05) is 6.61 Å². The number of hydrogen-bond acceptors (Lipinski definition) is 2. The van der Waals surface area contributed by atoms with Gasteiger partial charge in [-0.05, 0) is 44.6 Å². The third-order valence-corrected chi connectivity index (χ3v) is 5.21. The van der Waals surface area contributed by atoms with Gasteiger partial charge in [0.2, 0.25) is 0 Å². The highest BCUT2D eigenvalue weighted by Gasteiger charge is 2.39. The Balaban J connectivity index is 1.86. The van der Waals surface area contributed by atoms with E-state index in [9.17, 15) is 0 Å². The number of ether oxygens (including phenoxy) is 2. The normalized spacial score (nSPS) is 28.3. The van der Waals surface area contributed by atoms with Crippen molar-refractivity contribution in [2.45, 2.75) is 58.3 Å². The Morgan fingerprint density at radius 2 is 2.12 bits per heavy atom. The summed E-state index contributed by atoms with van der Waals surface area (Å²) in [5.41, 5.74) is 2.23. The van der Waals surface area contributed by atoms with Crippen LogP contribution in [0, 0.1) is 11.8 Å². The minimum Gasteiger partial charge on any atom is -0.377 e. The molecule has 0 amide bonds. The molecule has 1 unspecified atom stereocenters. The van der Waals surface area contributed by atoms with E-state index in [4.69, 9.17) is 9.47 Å². The molecule has 0 N–H and O–H groups in total.